The van der Waals surface area contributed by atoms with Crippen LogP contribution in [0.15, 0.2) is 42.5 Å². The van der Waals surface area contributed by atoms with Crippen molar-refractivity contribution in [1.82, 2.24) is 24.8 Å². The molecule has 4 rings (SSSR count). The van der Waals surface area contributed by atoms with E-state index >= 15 is 0 Å². The van der Waals surface area contributed by atoms with E-state index in [4.69, 9.17) is 4.74 Å². The van der Waals surface area contributed by atoms with Crippen LogP contribution in [0.25, 0.3) is 5.69 Å². The molecule has 0 N–H and O–H groups in total. The summed E-state index contributed by atoms with van der Waals surface area (Å²) in [6, 6.07) is 12.0. The molecule has 202 valence electrons. The lowest BCUT2D eigenvalue weighted by Crippen LogP contribution is -2.41. The minimum atomic E-state index is -0.426. The summed E-state index contributed by atoms with van der Waals surface area (Å²) >= 11 is 0. The third-order valence-corrected chi connectivity index (χ3v) is 7.00. The summed E-state index contributed by atoms with van der Waals surface area (Å²) in [5.41, 5.74) is 2.81. The van der Waals surface area contributed by atoms with Crippen molar-refractivity contribution in [3.8, 4) is 11.4 Å². The van der Waals surface area contributed by atoms with Crippen molar-refractivity contribution in [2.45, 2.75) is 46.7 Å². The van der Waals surface area contributed by atoms with Crippen molar-refractivity contribution < 1.29 is 18.7 Å². The number of aromatic nitrogens is 3. The second-order valence-electron chi connectivity index (χ2n) is 9.79. The molecule has 3 aromatic rings. The number of hydrogen-bond acceptors (Lipinski definition) is 6. The van der Waals surface area contributed by atoms with Gasteiger partial charge in [0, 0.05) is 45.7 Å². The number of ether oxygens (including phenoxy) is 1. The summed E-state index contributed by atoms with van der Waals surface area (Å²) in [5.74, 6) is -0.140. The van der Waals surface area contributed by atoms with Crippen molar-refractivity contribution in [2.24, 2.45) is 0 Å². The average Bonchev–Trinajstić information content (AvgIpc) is 3.26. The van der Waals surface area contributed by atoms with Crippen molar-refractivity contribution in [3.05, 3.63) is 65.2 Å². The van der Waals surface area contributed by atoms with Crippen LogP contribution in [-0.2, 0) is 11.3 Å². The van der Waals surface area contributed by atoms with Crippen LogP contribution >= 0.6 is 0 Å². The SMILES string of the molecule is COc1ccc(-n2nnc(C(=O)N3CCN(C(C)C)CCCN(C(C)=O)c4cc(F)ccc4C3)c2C)cc1. The van der Waals surface area contributed by atoms with E-state index < -0.39 is 5.82 Å². The lowest BCUT2D eigenvalue weighted by molar-refractivity contribution is -0.116. The van der Waals surface area contributed by atoms with Crippen molar-refractivity contribution in [1.29, 1.82) is 0 Å². The van der Waals surface area contributed by atoms with E-state index in [1.165, 1.54) is 19.1 Å². The van der Waals surface area contributed by atoms with Crippen LogP contribution in [0.2, 0.25) is 0 Å². The minimum Gasteiger partial charge on any atom is -0.497 e. The number of carbonyl (C=O) groups is 2. The highest BCUT2D eigenvalue weighted by Crippen LogP contribution is 2.26. The van der Waals surface area contributed by atoms with Crippen LogP contribution in [-0.4, -0.2) is 75.9 Å². The van der Waals surface area contributed by atoms with Gasteiger partial charge in [0.05, 0.1) is 24.2 Å². The molecule has 1 aromatic heterocycles. The summed E-state index contributed by atoms with van der Waals surface area (Å²) in [6.07, 6.45) is 0.733. The Morgan fingerprint density at radius 1 is 1.03 bits per heavy atom. The van der Waals surface area contributed by atoms with Gasteiger partial charge in [0.2, 0.25) is 5.91 Å². The second kappa shape index (κ2) is 11.7. The first-order valence-corrected chi connectivity index (χ1v) is 12.9. The first-order chi connectivity index (χ1) is 18.2. The molecular formula is C28H35FN6O3. The largest absolute Gasteiger partial charge is 0.497 e. The van der Waals surface area contributed by atoms with Crippen LogP contribution in [0.4, 0.5) is 10.1 Å². The highest BCUT2D eigenvalue weighted by molar-refractivity contribution is 5.94. The zero-order valence-electron chi connectivity index (χ0n) is 22.6. The molecule has 0 bridgehead atoms. The Morgan fingerprint density at radius 2 is 1.76 bits per heavy atom. The highest BCUT2D eigenvalue weighted by Gasteiger charge is 2.27. The predicted octanol–water partition coefficient (Wildman–Crippen LogP) is 3.83. The van der Waals surface area contributed by atoms with Gasteiger partial charge in [-0.25, -0.2) is 9.07 Å². The Hall–Kier alpha value is -3.79. The van der Waals surface area contributed by atoms with Gasteiger partial charge in [-0.1, -0.05) is 11.3 Å². The van der Waals surface area contributed by atoms with Crippen LogP contribution in [0, 0.1) is 12.7 Å². The first-order valence-electron chi connectivity index (χ1n) is 12.9. The fourth-order valence-electron chi connectivity index (χ4n) is 4.78. The van der Waals surface area contributed by atoms with E-state index in [9.17, 15) is 14.0 Å². The highest BCUT2D eigenvalue weighted by atomic mass is 19.1. The molecule has 9 nitrogen and oxygen atoms in total. The maximum atomic E-state index is 14.3. The summed E-state index contributed by atoms with van der Waals surface area (Å²) < 4.78 is 21.2. The second-order valence-corrected chi connectivity index (χ2v) is 9.79. The van der Waals surface area contributed by atoms with Gasteiger partial charge in [-0.3, -0.25) is 14.5 Å². The quantitative estimate of drug-likeness (QED) is 0.518. The van der Waals surface area contributed by atoms with E-state index in [2.05, 4.69) is 29.1 Å². The Kier molecular flexibility index (Phi) is 8.41. The number of methoxy groups -OCH3 is 1. The molecule has 38 heavy (non-hydrogen) atoms. The molecule has 1 aliphatic heterocycles. The van der Waals surface area contributed by atoms with Gasteiger partial charge < -0.3 is 14.5 Å². The van der Waals surface area contributed by atoms with Gasteiger partial charge in [-0.05, 0) is 69.2 Å². The monoisotopic (exact) mass is 522 g/mol. The molecule has 1 aliphatic rings. The van der Waals surface area contributed by atoms with Gasteiger partial charge in [0.15, 0.2) is 5.69 Å². The average molecular weight is 523 g/mol. The van der Waals surface area contributed by atoms with Gasteiger partial charge in [0.1, 0.15) is 11.6 Å². The molecule has 0 spiro atoms. The van der Waals surface area contributed by atoms with E-state index in [0.717, 1.165) is 24.4 Å². The Labute approximate surface area is 222 Å². The number of halogens is 1. The Morgan fingerprint density at radius 3 is 2.42 bits per heavy atom. The van der Waals surface area contributed by atoms with Gasteiger partial charge in [-0.2, -0.15) is 0 Å². The first kappa shape index (κ1) is 27.3. The minimum absolute atomic E-state index is 0.164. The maximum absolute atomic E-state index is 14.3. The maximum Gasteiger partial charge on any atom is 0.276 e. The van der Waals surface area contributed by atoms with E-state index in [1.54, 1.807) is 27.7 Å². The number of amides is 2. The Balaban J connectivity index is 1.71. The third kappa shape index (κ3) is 5.85. The zero-order valence-corrected chi connectivity index (χ0v) is 22.6. The number of rotatable bonds is 4. The molecule has 0 fully saturated rings. The topological polar surface area (TPSA) is 83.8 Å². The van der Waals surface area contributed by atoms with E-state index in [-0.39, 0.29) is 30.1 Å². The predicted molar refractivity (Wildman–Crippen MR) is 143 cm³/mol. The van der Waals surface area contributed by atoms with Crippen LogP contribution in [0.5, 0.6) is 5.75 Å². The number of nitrogens with zero attached hydrogens (tertiary/aromatic N) is 6. The van der Waals surface area contributed by atoms with E-state index in [0.29, 0.717) is 36.6 Å². The molecule has 2 heterocycles. The lowest BCUT2D eigenvalue weighted by Gasteiger charge is -2.29. The summed E-state index contributed by atoms with van der Waals surface area (Å²) in [7, 11) is 1.60. The molecule has 2 amide bonds. The molecule has 10 heteroatoms. The molecule has 0 saturated heterocycles. The fraction of sp³-hybridized carbons (Fsp3) is 0.429. The number of anilines is 1. The zero-order chi connectivity index (χ0) is 27.4. The van der Waals surface area contributed by atoms with Crippen LogP contribution in [0.3, 0.4) is 0 Å². The normalized spacial score (nSPS) is 15.2. The van der Waals surface area contributed by atoms with Crippen LogP contribution < -0.4 is 9.64 Å². The van der Waals surface area contributed by atoms with Crippen molar-refractivity contribution in [2.75, 3.05) is 38.2 Å². The van der Waals surface area contributed by atoms with Gasteiger partial charge in [-0.15, -0.1) is 5.10 Å². The van der Waals surface area contributed by atoms with E-state index in [1.807, 2.05) is 31.2 Å². The summed E-state index contributed by atoms with van der Waals surface area (Å²) in [6.45, 7) is 10.1. The van der Waals surface area contributed by atoms with Crippen LogP contribution in [0.1, 0.15) is 48.9 Å². The molecular weight excluding hydrogens is 487 g/mol. The smallest absolute Gasteiger partial charge is 0.276 e. The van der Waals surface area contributed by atoms with Gasteiger partial charge >= 0.3 is 0 Å². The number of benzene rings is 2. The molecule has 2 aromatic carbocycles. The molecule has 0 radical (unpaired) electrons. The molecule has 0 atom stereocenters. The molecule has 0 saturated carbocycles. The van der Waals surface area contributed by atoms with Gasteiger partial charge in [0.25, 0.3) is 5.91 Å². The Bertz CT molecular complexity index is 1290. The standard InChI is InChI=1S/C28H35FN6O3/c1-19(2)32-13-6-14-34(21(4)36)26-17-23(29)8-7-22(26)18-33(16-15-32)28(37)27-20(3)35(31-30-27)24-9-11-25(38-5)12-10-24/h7-12,17,19H,6,13-16,18H2,1-5H3. The molecule has 0 aliphatic carbocycles. The fourth-order valence-corrected chi connectivity index (χ4v) is 4.78. The molecule has 0 unspecified atom stereocenters. The van der Waals surface area contributed by atoms with Crippen molar-refractivity contribution >= 4 is 17.5 Å². The number of fused-ring (bicyclic) bond motifs is 1. The summed E-state index contributed by atoms with van der Waals surface area (Å²) in [4.78, 5) is 32.1. The number of carbonyl (C=O) groups excluding carboxylic acids is 2. The number of hydrogen-bond donors (Lipinski definition) is 0. The van der Waals surface area contributed by atoms with Crippen molar-refractivity contribution in [3.63, 3.8) is 0 Å². The lowest BCUT2D eigenvalue weighted by atomic mass is 10.1. The summed E-state index contributed by atoms with van der Waals surface area (Å²) in [5, 5.41) is 8.49. The third-order valence-electron chi connectivity index (χ3n) is 7.00.